The second kappa shape index (κ2) is 8.16. The molecule has 0 bridgehead atoms. The first-order valence-electron chi connectivity index (χ1n) is 7.18. The molecule has 0 atom stereocenters. The molecule has 0 spiro atoms. The lowest BCUT2D eigenvalue weighted by atomic mass is 9.96. The Hall–Kier alpha value is -0.980. The molecule has 0 aromatic heterocycles. The summed E-state index contributed by atoms with van der Waals surface area (Å²) in [4.78, 5) is 0. The summed E-state index contributed by atoms with van der Waals surface area (Å²) in [5.74, 6) is 0. The number of hydrogen-bond donors (Lipinski definition) is 1. The van der Waals surface area contributed by atoms with Crippen molar-refractivity contribution in [1.82, 2.24) is 0 Å². The summed E-state index contributed by atoms with van der Waals surface area (Å²) in [6.07, 6.45) is 7.59. The average Bonchev–Trinajstić information content (AvgIpc) is 2.35. The lowest BCUT2D eigenvalue weighted by Gasteiger charge is -2.15. The molecule has 1 N–H and O–H groups in total. The number of anilines is 1. The van der Waals surface area contributed by atoms with Crippen LogP contribution < -0.4 is 5.32 Å². The van der Waals surface area contributed by atoms with Gasteiger partial charge in [-0.15, -0.1) is 0 Å². The van der Waals surface area contributed by atoms with Gasteiger partial charge >= 0.3 is 0 Å². The first kappa shape index (κ1) is 14.1. The molecule has 1 rings (SSSR count). The van der Waals surface area contributed by atoms with Crippen LogP contribution in [0.2, 0.25) is 0 Å². The minimum Gasteiger partial charge on any atom is -0.385 e. The van der Waals surface area contributed by atoms with Gasteiger partial charge in [-0.05, 0) is 49.8 Å². The summed E-state index contributed by atoms with van der Waals surface area (Å²) >= 11 is 0. The maximum Gasteiger partial charge on any atom is 0.0375 e. The Morgan fingerprint density at radius 1 is 0.941 bits per heavy atom. The monoisotopic (exact) mass is 233 g/mol. The molecule has 0 fully saturated rings. The molecular weight excluding hydrogens is 206 g/mol. The zero-order valence-electron chi connectivity index (χ0n) is 11.7. The van der Waals surface area contributed by atoms with Gasteiger partial charge in [0.05, 0.1) is 0 Å². The first-order chi connectivity index (χ1) is 8.33. The van der Waals surface area contributed by atoms with Crippen molar-refractivity contribution in [2.75, 3.05) is 11.9 Å². The van der Waals surface area contributed by atoms with Crippen molar-refractivity contribution in [3.63, 3.8) is 0 Å². The highest BCUT2D eigenvalue weighted by atomic mass is 14.9. The highest BCUT2D eigenvalue weighted by Gasteiger charge is 2.07. The Morgan fingerprint density at radius 2 is 1.65 bits per heavy atom. The quantitative estimate of drug-likeness (QED) is 0.680. The Kier molecular flexibility index (Phi) is 6.76. The smallest absolute Gasteiger partial charge is 0.0375 e. The van der Waals surface area contributed by atoms with Crippen LogP contribution in [0.25, 0.3) is 0 Å². The Labute approximate surface area is 107 Å². The van der Waals surface area contributed by atoms with Gasteiger partial charge in [-0.25, -0.2) is 0 Å². The predicted molar refractivity (Wildman–Crippen MR) is 77.8 cm³/mol. The third-order valence-electron chi connectivity index (χ3n) is 3.22. The summed E-state index contributed by atoms with van der Waals surface area (Å²) in [6.45, 7) is 7.71. The van der Waals surface area contributed by atoms with Gasteiger partial charge in [-0.3, -0.25) is 0 Å². The van der Waals surface area contributed by atoms with E-state index >= 15 is 0 Å². The number of unbranched alkanes of at least 4 members (excludes halogenated alkanes) is 2. The van der Waals surface area contributed by atoms with E-state index in [1.54, 1.807) is 11.1 Å². The maximum atomic E-state index is 3.50. The second-order valence-corrected chi connectivity index (χ2v) is 4.68. The highest BCUT2D eigenvalue weighted by Crippen LogP contribution is 2.23. The maximum absolute atomic E-state index is 3.50. The van der Waals surface area contributed by atoms with E-state index in [1.165, 1.54) is 44.2 Å². The minimum atomic E-state index is 1.01. The van der Waals surface area contributed by atoms with Crippen LogP contribution in [0.5, 0.6) is 0 Å². The van der Waals surface area contributed by atoms with Crippen LogP contribution in [0, 0.1) is 0 Å². The van der Waals surface area contributed by atoms with Gasteiger partial charge in [-0.2, -0.15) is 0 Å². The molecular formula is C16H27N. The molecule has 1 nitrogen and oxygen atoms in total. The first-order valence-corrected chi connectivity index (χ1v) is 7.18. The molecule has 17 heavy (non-hydrogen) atoms. The van der Waals surface area contributed by atoms with Gasteiger partial charge in [0.2, 0.25) is 0 Å². The zero-order valence-corrected chi connectivity index (χ0v) is 11.7. The molecule has 1 aromatic rings. The van der Waals surface area contributed by atoms with Crippen molar-refractivity contribution >= 4 is 5.69 Å². The summed E-state index contributed by atoms with van der Waals surface area (Å²) in [7, 11) is 0. The van der Waals surface area contributed by atoms with Crippen molar-refractivity contribution in [3.05, 3.63) is 29.3 Å². The van der Waals surface area contributed by atoms with Crippen molar-refractivity contribution in [2.45, 2.75) is 59.3 Å². The summed E-state index contributed by atoms with van der Waals surface area (Å²) < 4.78 is 0. The van der Waals surface area contributed by atoms with Crippen LogP contribution in [-0.2, 0) is 12.8 Å². The van der Waals surface area contributed by atoms with Gasteiger partial charge in [0.25, 0.3) is 0 Å². The standard InChI is InChI=1S/C16H27N/c1-4-7-10-14-11-9-13-16(17-6-3)15(14)12-8-5-2/h9,11,13,17H,4-8,10,12H2,1-3H3. The molecule has 0 saturated heterocycles. The zero-order chi connectivity index (χ0) is 12.5. The van der Waals surface area contributed by atoms with Crippen molar-refractivity contribution in [1.29, 1.82) is 0 Å². The van der Waals surface area contributed by atoms with Gasteiger partial charge < -0.3 is 5.32 Å². The molecule has 0 heterocycles. The van der Waals surface area contributed by atoms with E-state index in [9.17, 15) is 0 Å². The van der Waals surface area contributed by atoms with Gasteiger partial charge in [-0.1, -0.05) is 38.8 Å². The molecule has 0 aliphatic heterocycles. The topological polar surface area (TPSA) is 12.0 Å². The van der Waals surface area contributed by atoms with E-state index < -0.39 is 0 Å². The SMILES string of the molecule is CCCCc1cccc(NCC)c1CCCC. The number of aryl methyl sites for hydroxylation is 1. The van der Waals surface area contributed by atoms with E-state index in [2.05, 4.69) is 44.3 Å². The van der Waals surface area contributed by atoms with Crippen LogP contribution in [0.3, 0.4) is 0 Å². The normalized spacial score (nSPS) is 10.5. The van der Waals surface area contributed by atoms with Crippen molar-refractivity contribution in [3.8, 4) is 0 Å². The van der Waals surface area contributed by atoms with E-state index in [-0.39, 0.29) is 0 Å². The summed E-state index contributed by atoms with van der Waals surface area (Å²) in [5, 5.41) is 3.50. The van der Waals surface area contributed by atoms with Crippen LogP contribution >= 0.6 is 0 Å². The van der Waals surface area contributed by atoms with Crippen LogP contribution in [0.1, 0.15) is 57.6 Å². The Balaban J connectivity index is 2.87. The van der Waals surface area contributed by atoms with E-state index in [0.717, 1.165) is 6.54 Å². The van der Waals surface area contributed by atoms with Crippen LogP contribution in [0.4, 0.5) is 5.69 Å². The molecule has 1 aromatic carbocycles. The molecule has 0 saturated carbocycles. The lowest BCUT2D eigenvalue weighted by molar-refractivity contribution is 0.758. The van der Waals surface area contributed by atoms with Crippen LogP contribution in [-0.4, -0.2) is 6.54 Å². The molecule has 0 aliphatic rings. The fourth-order valence-electron chi connectivity index (χ4n) is 2.24. The Morgan fingerprint density at radius 3 is 2.29 bits per heavy atom. The summed E-state index contributed by atoms with van der Waals surface area (Å²) in [5.41, 5.74) is 4.47. The van der Waals surface area contributed by atoms with E-state index in [0.29, 0.717) is 0 Å². The number of rotatable bonds is 8. The fraction of sp³-hybridized carbons (Fsp3) is 0.625. The molecule has 0 unspecified atom stereocenters. The largest absolute Gasteiger partial charge is 0.385 e. The van der Waals surface area contributed by atoms with E-state index in [1.807, 2.05) is 0 Å². The molecule has 0 radical (unpaired) electrons. The fourth-order valence-corrected chi connectivity index (χ4v) is 2.24. The molecule has 0 aliphatic carbocycles. The van der Waals surface area contributed by atoms with Crippen LogP contribution in [0.15, 0.2) is 18.2 Å². The third-order valence-corrected chi connectivity index (χ3v) is 3.22. The third kappa shape index (κ3) is 4.41. The van der Waals surface area contributed by atoms with Gasteiger partial charge in [0, 0.05) is 12.2 Å². The van der Waals surface area contributed by atoms with Gasteiger partial charge in [0.1, 0.15) is 0 Å². The highest BCUT2D eigenvalue weighted by molar-refractivity contribution is 5.55. The number of hydrogen-bond acceptors (Lipinski definition) is 1. The predicted octanol–water partition coefficient (Wildman–Crippen LogP) is 4.80. The molecule has 0 amide bonds. The number of benzene rings is 1. The second-order valence-electron chi connectivity index (χ2n) is 4.68. The van der Waals surface area contributed by atoms with E-state index in [4.69, 9.17) is 0 Å². The lowest BCUT2D eigenvalue weighted by Crippen LogP contribution is -2.04. The number of nitrogens with one attached hydrogen (secondary N) is 1. The van der Waals surface area contributed by atoms with Crippen molar-refractivity contribution in [2.24, 2.45) is 0 Å². The van der Waals surface area contributed by atoms with Crippen molar-refractivity contribution < 1.29 is 0 Å². The van der Waals surface area contributed by atoms with Gasteiger partial charge in [0.15, 0.2) is 0 Å². The molecule has 96 valence electrons. The summed E-state index contributed by atoms with van der Waals surface area (Å²) in [6, 6.07) is 6.73. The molecule has 1 heteroatoms. The average molecular weight is 233 g/mol. The minimum absolute atomic E-state index is 1.01. The Bertz CT molecular complexity index is 317.